The quantitative estimate of drug-likeness (QED) is 0.337. The van der Waals surface area contributed by atoms with Crippen LogP contribution in [0.15, 0.2) is 0 Å². The van der Waals surface area contributed by atoms with Crippen LogP contribution in [-0.2, 0) is 19.2 Å². The highest BCUT2D eigenvalue weighted by Gasteiger charge is 2.15. The molecule has 0 aromatic carbocycles. The number of quaternary nitrogens is 2. The number of carbonyl (C=O) groups is 4. The Morgan fingerprint density at radius 3 is 1.12 bits per heavy atom. The molecule has 0 aliphatic heterocycles. The number of aliphatic carboxylic acids is 2. The van der Waals surface area contributed by atoms with Crippen LogP contribution in [0.1, 0.15) is 13.8 Å². The van der Waals surface area contributed by atoms with Gasteiger partial charge in [-0.15, -0.1) is 0 Å². The summed E-state index contributed by atoms with van der Waals surface area (Å²) in [7, 11) is 6.80. The SMILES string of the molecule is CC(=O)NC[N+](C)(C)CC(=O)[O-].CC(=O)NC[N+](C)(C)CC(=O)[O-]. The lowest BCUT2D eigenvalue weighted by atomic mass is 10.5. The van der Waals surface area contributed by atoms with E-state index in [1.807, 2.05) is 0 Å². The fourth-order valence-corrected chi connectivity index (χ4v) is 1.46. The Labute approximate surface area is 142 Å². The standard InChI is InChI=1S/2C7H14N2O3/c2*1-6(10)8-5-9(2,3)4-7(11)12/h2*4-5H2,1-3H3,(H-,8,10,11,12). The third-order valence-electron chi connectivity index (χ3n) is 2.63. The Balaban J connectivity index is 0. The van der Waals surface area contributed by atoms with Gasteiger partial charge < -0.3 is 39.4 Å². The van der Waals surface area contributed by atoms with Crippen LogP contribution < -0.4 is 20.8 Å². The molecular formula is C14H28N4O6. The first-order chi connectivity index (χ1) is 10.7. The normalized spacial score (nSPS) is 10.9. The summed E-state index contributed by atoms with van der Waals surface area (Å²) >= 11 is 0. The predicted octanol–water partition coefficient (Wildman–Crippen LogP) is -4.19. The number of nitrogens with one attached hydrogen (secondary N) is 2. The molecule has 0 atom stereocenters. The van der Waals surface area contributed by atoms with Gasteiger partial charge in [-0.1, -0.05) is 0 Å². The fourth-order valence-electron chi connectivity index (χ4n) is 1.46. The molecule has 0 bridgehead atoms. The average Bonchev–Trinajstić information content (AvgIpc) is 2.32. The monoisotopic (exact) mass is 348 g/mol. The van der Waals surface area contributed by atoms with E-state index in [1.165, 1.54) is 13.8 Å². The first kappa shape index (κ1) is 24.1. The third kappa shape index (κ3) is 17.9. The molecular weight excluding hydrogens is 320 g/mol. The lowest BCUT2D eigenvalue weighted by molar-refractivity contribution is -0.886. The van der Waals surface area contributed by atoms with Gasteiger partial charge in [0.05, 0.1) is 40.1 Å². The molecule has 0 aliphatic carbocycles. The molecule has 10 heteroatoms. The van der Waals surface area contributed by atoms with Crippen molar-refractivity contribution in [3.05, 3.63) is 0 Å². The van der Waals surface area contributed by atoms with Crippen LogP contribution in [0.4, 0.5) is 0 Å². The van der Waals surface area contributed by atoms with Gasteiger partial charge in [0.1, 0.15) is 13.1 Å². The highest BCUT2D eigenvalue weighted by molar-refractivity contribution is 5.73. The molecule has 0 aromatic heterocycles. The second kappa shape index (κ2) is 10.6. The molecule has 0 unspecified atom stereocenters. The first-order valence-electron chi connectivity index (χ1n) is 7.19. The fraction of sp³-hybridized carbons (Fsp3) is 0.714. The van der Waals surface area contributed by atoms with Crippen LogP contribution in [0.5, 0.6) is 0 Å². The molecule has 0 heterocycles. The summed E-state index contributed by atoms with van der Waals surface area (Å²) in [5.74, 6) is -2.57. The van der Waals surface area contributed by atoms with E-state index in [2.05, 4.69) is 10.6 Å². The van der Waals surface area contributed by atoms with Crippen molar-refractivity contribution in [2.24, 2.45) is 0 Å². The summed E-state index contributed by atoms with van der Waals surface area (Å²) < 4.78 is 0.365. The average molecular weight is 348 g/mol. The Morgan fingerprint density at radius 1 is 0.708 bits per heavy atom. The topological polar surface area (TPSA) is 138 Å². The van der Waals surface area contributed by atoms with E-state index >= 15 is 0 Å². The van der Waals surface area contributed by atoms with Crippen LogP contribution in [0, 0.1) is 0 Å². The van der Waals surface area contributed by atoms with Crippen LogP contribution in [0.3, 0.4) is 0 Å². The molecule has 0 saturated heterocycles. The third-order valence-corrected chi connectivity index (χ3v) is 2.63. The Bertz CT molecular complexity index is 420. The van der Waals surface area contributed by atoms with Crippen LogP contribution in [-0.4, -0.2) is 87.3 Å². The number of carboxylic acids is 2. The maximum absolute atomic E-state index is 10.5. The number of amides is 2. The predicted molar refractivity (Wildman–Crippen MR) is 81.3 cm³/mol. The number of hydrogen-bond acceptors (Lipinski definition) is 6. The number of nitrogens with zero attached hydrogens (tertiary/aromatic N) is 2. The number of hydrogen-bond donors (Lipinski definition) is 2. The lowest BCUT2D eigenvalue weighted by Gasteiger charge is -2.29. The molecule has 0 rings (SSSR count). The van der Waals surface area contributed by atoms with E-state index in [1.54, 1.807) is 28.2 Å². The van der Waals surface area contributed by atoms with Crippen LogP contribution in [0.25, 0.3) is 0 Å². The van der Waals surface area contributed by atoms with E-state index in [4.69, 9.17) is 0 Å². The minimum atomic E-state index is -1.12. The highest BCUT2D eigenvalue weighted by Crippen LogP contribution is 1.92. The van der Waals surface area contributed by atoms with Gasteiger partial charge in [-0.25, -0.2) is 0 Å². The molecule has 24 heavy (non-hydrogen) atoms. The summed E-state index contributed by atoms with van der Waals surface area (Å²) in [5.41, 5.74) is 0. The van der Waals surface area contributed by atoms with Crippen molar-refractivity contribution in [2.75, 3.05) is 54.6 Å². The summed E-state index contributed by atoms with van der Waals surface area (Å²) in [5, 5.41) is 25.5. The Kier molecular flexibility index (Phi) is 10.6. The largest absolute Gasteiger partial charge is 0.544 e. The summed E-state index contributed by atoms with van der Waals surface area (Å²) in [6, 6.07) is 0. The van der Waals surface area contributed by atoms with Crippen molar-refractivity contribution in [1.82, 2.24) is 10.6 Å². The van der Waals surface area contributed by atoms with Crippen molar-refractivity contribution in [3.8, 4) is 0 Å². The van der Waals surface area contributed by atoms with E-state index in [-0.39, 0.29) is 33.9 Å². The van der Waals surface area contributed by atoms with Gasteiger partial charge in [-0.2, -0.15) is 0 Å². The molecule has 2 N–H and O–H groups in total. The van der Waals surface area contributed by atoms with E-state index in [0.29, 0.717) is 13.3 Å². The molecule has 0 spiro atoms. The number of carbonyl (C=O) groups excluding carboxylic acids is 4. The molecule has 2 amide bonds. The second-order valence-corrected chi connectivity index (χ2v) is 6.71. The molecule has 10 nitrogen and oxygen atoms in total. The van der Waals surface area contributed by atoms with Gasteiger partial charge in [0.2, 0.25) is 11.8 Å². The number of rotatable bonds is 8. The van der Waals surface area contributed by atoms with E-state index in [9.17, 15) is 29.4 Å². The van der Waals surface area contributed by atoms with Gasteiger partial charge in [0.25, 0.3) is 0 Å². The minimum absolute atomic E-state index is 0.111. The molecule has 140 valence electrons. The zero-order valence-corrected chi connectivity index (χ0v) is 15.2. The van der Waals surface area contributed by atoms with Crippen LogP contribution >= 0.6 is 0 Å². The highest BCUT2D eigenvalue weighted by atomic mass is 16.4. The smallest absolute Gasteiger partial charge is 0.221 e. The summed E-state index contributed by atoms with van der Waals surface area (Å²) in [6.07, 6.45) is 0. The lowest BCUT2D eigenvalue weighted by Crippen LogP contribution is -2.53. The van der Waals surface area contributed by atoms with Gasteiger partial charge >= 0.3 is 0 Å². The summed E-state index contributed by atoms with van der Waals surface area (Å²) in [6.45, 7) is 3.14. The Hall–Kier alpha value is -2.20. The maximum atomic E-state index is 10.5. The van der Waals surface area contributed by atoms with Gasteiger partial charge in [-0.3, -0.25) is 9.59 Å². The number of likely N-dealkylation sites (N-methyl/N-ethyl adjacent to an activating group) is 2. The summed E-state index contributed by atoms with van der Waals surface area (Å²) in [4.78, 5) is 41.4. The van der Waals surface area contributed by atoms with E-state index < -0.39 is 11.9 Å². The maximum Gasteiger partial charge on any atom is 0.221 e. The Morgan fingerprint density at radius 2 is 0.958 bits per heavy atom. The molecule has 0 aromatic rings. The van der Waals surface area contributed by atoms with Crippen molar-refractivity contribution >= 4 is 23.8 Å². The van der Waals surface area contributed by atoms with Crippen molar-refractivity contribution in [2.45, 2.75) is 13.8 Å². The van der Waals surface area contributed by atoms with Crippen LogP contribution in [0.2, 0.25) is 0 Å². The second-order valence-electron chi connectivity index (χ2n) is 6.71. The minimum Gasteiger partial charge on any atom is -0.544 e. The number of carboxylic acid groups (broad SMARTS) is 2. The van der Waals surface area contributed by atoms with Gasteiger partial charge in [0.15, 0.2) is 13.3 Å². The first-order valence-corrected chi connectivity index (χ1v) is 7.19. The van der Waals surface area contributed by atoms with Gasteiger partial charge in [-0.05, 0) is 0 Å². The van der Waals surface area contributed by atoms with E-state index in [0.717, 1.165) is 0 Å². The van der Waals surface area contributed by atoms with Crippen molar-refractivity contribution in [1.29, 1.82) is 0 Å². The van der Waals surface area contributed by atoms with Crippen molar-refractivity contribution in [3.63, 3.8) is 0 Å². The van der Waals surface area contributed by atoms with Gasteiger partial charge in [0, 0.05) is 13.8 Å². The molecule has 0 fully saturated rings. The molecule has 0 aliphatic rings. The molecule has 0 saturated carbocycles. The zero-order valence-electron chi connectivity index (χ0n) is 15.2. The molecule has 0 radical (unpaired) electrons. The zero-order chi connectivity index (χ0) is 19.6. The van der Waals surface area contributed by atoms with Crippen molar-refractivity contribution < 1.29 is 38.4 Å².